The van der Waals surface area contributed by atoms with Crippen LogP contribution in [0.3, 0.4) is 0 Å². The van der Waals surface area contributed by atoms with Gasteiger partial charge in [0.15, 0.2) is 0 Å². The molecule has 0 heterocycles. The summed E-state index contributed by atoms with van der Waals surface area (Å²) in [5, 5.41) is 10.4. The van der Waals surface area contributed by atoms with E-state index in [1.807, 2.05) is 0 Å². The maximum Gasteiger partial charge on any atom is 0.124 e. The van der Waals surface area contributed by atoms with E-state index >= 15 is 0 Å². The smallest absolute Gasteiger partial charge is 0.124 e. The second-order valence-electron chi connectivity index (χ2n) is 4.86. The standard InChI is InChI=1S/C14H18BrFO/c15-13-9-11(16)7-8-12(13)14(17)10-5-3-1-2-4-6-10/h7-10,14,17H,1-6H2/t14-/m0/s1. The number of rotatable bonds is 2. The van der Waals surface area contributed by atoms with Crippen molar-refractivity contribution in [2.45, 2.75) is 44.6 Å². The maximum absolute atomic E-state index is 13.0. The Balaban J connectivity index is 2.14. The summed E-state index contributed by atoms with van der Waals surface area (Å²) in [7, 11) is 0. The van der Waals surface area contributed by atoms with Gasteiger partial charge in [-0.25, -0.2) is 4.39 Å². The molecule has 0 spiro atoms. The van der Waals surface area contributed by atoms with Gasteiger partial charge in [-0.15, -0.1) is 0 Å². The number of hydrogen-bond acceptors (Lipinski definition) is 1. The van der Waals surface area contributed by atoms with E-state index in [2.05, 4.69) is 15.9 Å². The molecule has 0 aliphatic heterocycles. The molecule has 1 aliphatic carbocycles. The number of aliphatic hydroxyl groups excluding tert-OH is 1. The molecule has 3 heteroatoms. The van der Waals surface area contributed by atoms with Gasteiger partial charge < -0.3 is 5.11 Å². The largest absolute Gasteiger partial charge is 0.388 e. The van der Waals surface area contributed by atoms with Gasteiger partial charge in [0, 0.05) is 4.47 Å². The predicted molar refractivity (Wildman–Crippen MR) is 70.3 cm³/mol. The molecule has 1 atom stereocenters. The molecule has 1 N–H and O–H groups in total. The Morgan fingerprint density at radius 2 is 1.82 bits per heavy atom. The highest BCUT2D eigenvalue weighted by atomic mass is 79.9. The highest BCUT2D eigenvalue weighted by Crippen LogP contribution is 2.36. The molecule has 0 bridgehead atoms. The fraction of sp³-hybridized carbons (Fsp3) is 0.571. The molecule has 0 unspecified atom stereocenters. The van der Waals surface area contributed by atoms with E-state index in [1.54, 1.807) is 6.07 Å². The molecule has 1 aromatic carbocycles. The van der Waals surface area contributed by atoms with E-state index in [-0.39, 0.29) is 5.82 Å². The summed E-state index contributed by atoms with van der Waals surface area (Å²) in [5.74, 6) is 0.0490. The van der Waals surface area contributed by atoms with Crippen LogP contribution in [0, 0.1) is 11.7 Å². The molecule has 1 saturated carbocycles. The summed E-state index contributed by atoms with van der Waals surface area (Å²) < 4.78 is 13.7. The van der Waals surface area contributed by atoms with Crippen molar-refractivity contribution < 1.29 is 9.50 Å². The third kappa shape index (κ3) is 3.29. The summed E-state index contributed by atoms with van der Waals surface area (Å²) in [6, 6.07) is 4.53. The lowest BCUT2D eigenvalue weighted by Crippen LogP contribution is -2.12. The van der Waals surface area contributed by atoms with Crippen LogP contribution >= 0.6 is 15.9 Å². The summed E-state index contributed by atoms with van der Waals surface area (Å²) >= 11 is 3.33. The van der Waals surface area contributed by atoms with Crippen molar-refractivity contribution in [3.05, 3.63) is 34.1 Å². The first-order valence-corrected chi connectivity index (χ1v) is 7.11. The normalized spacial score (nSPS) is 19.9. The van der Waals surface area contributed by atoms with Crippen LogP contribution in [0.5, 0.6) is 0 Å². The summed E-state index contributed by atoms with van der Waals surface area (Å²) in [6.45, 7) is 0. The first kappa shape index (κ1) is 13.0. The van der Waals surface area contributed by atoms with Crippen LogP contribution in [0.2, 0.25) is 0 Å². The fourth-order valence-electron chi connectivity index (χ4n) is 2.62. The van der Waals surface area contributed by atoms with Crippen molar-refractivity contribution in [1.29, 1.82) is 0 Å². The molecule has 1 aromatic rings. The Kier molecular flexibility index (Phi) is 4.57. The Morgan fingerprint density at radius 3 is 2.41 bits per heavy atom. The second-order valence-corrected chi connectivity index (χ2v) is 5.72. The third-order valence-corrected chi connectivity index (χ3v) is 4.31. The van der Waals surface area contributed by atoms with Crippen LogP contribution in [-0.4, -0.2) is 5.11 Å². The summed E-state index contributed by atoms with van der Waals surface area (Å²) in [4.78, 5) is 0. The minimum Gasteiger partial charge on any atom is -0.388 e. The summed E-state index contributed by atoms with van der Waals surface area (Å²) in [5.41, 5.74) is 0.818. The lowest BCUT2D eigenvalue weighted by molar-refractivity contribution is 0.0981. The number of benzene rings is 1. The average Bonchev–Trinajstić information content (AvgIpc) is 2.56. The zero-order valence-electron chi connectivity index (χ0n) is 9.83. The molecule has 2 rings (SSSR count). The molecule has 0 amide bonds. The van der Waals surface area contributed by atoms with Crippen LogP contribution < -0.4 is 0 Å². The first-order chi connectivity index (χ1) is 8.18. The van der Waals surface area contributed by atoms with Crippen molar-refractivity contribution in [2.75, 3.05) is 0 Å². The number of halogens is 2. The molecular weight excluding hydrogens is 283 g/mol. The van der Waals surface area contributed by atoms with Gasteiger partial charge in [-0.05, 0) is 36.5 Å². The van der Waals surface area contributed by atoms with E-state index in [1.165, 1.54) is 37.8 Å². The quantitative estimate of drug-likeness (QED) is 0.792. The van der Waals surface area contributed by atoms with Gasteiger partial charge in [0.05, 0.1) is 6.10 Å². The average molecular weight is 301 g/mol. The number of hydrogen-bond donors (Lipinski definition) is 1. The minimum atomic E-state index is -0.469. The number of aliphatic hydroxyl groups is 1. The lowest BCUT2D eigenvalue weighted by atomic mass is 9.89. The molecule has 94 valence electrons. The molecule has 17 heavy (non-hydrogen) atoms. The molecule has 0 saturated heterocycles. The monoisotopic (exact) mass is 300 g/mol. The van der Waals surface area contributed by atoms with Gasteiger partial charge in [-0.1, -0.05) is 47.7 Å². The van der Waals surface area contributed by atoms with Crippen molar-refractivity contribution in [2.24, 2.45) is 5.92 Å². The SMILES string of the molecule is O[C@H](c1ccc(F)cc1Br)C1CCCCCC1. The molecular formula is C14H18BrFO. The molecule has 0 aromatic heterocycles. The van der Waals surface area contributed by atoms with Crippen molar-refractivity contribution in [3.63, 3.8) is 0 Å². The third-order valence-electron chi connectivity index (χ3n) is 3.63. The van der Waals surface area contributed by atoms with Crippen molar-refractivity contribution in [1.82, 2.24) is 0 Å². The highest BCUT2D eigenvalue weighted by molar-refractivity contribution is 9.10. The van der Waals surface area contributed by atoms with E-state index in [9.17, 15) is 9.50 Å². The van der Waals surface area contributed by atoms with Crippen LogP contribution in [0.25, 0.3) is 0 Å². The van der Waals surface area contributed by atoms with E-state index in [0.29, 0.717) is 10.4 Å². The minimum absolute atomic E-state index is 0.270. The lowest BCUT2D eigenvalue weighted by Gasteiger charge is -2.22. The van der Waals surface area contributed by atoms with Gasteiger partial charge >= 0.3 is 0 Å². The first-order valence-electron chi connectivity index (χ1n) is 6.31. The molecule has 1 fully saturated rings. The van der Waals surface area contributed by atoms with Gasteiger partial charge in [0.2, 0.25) is 0 Å². The van der Waals surface area contributed by atoms with Gasteiger partial charge in [0.1, 0.15) is 5.82 Å². The Bertz CT molecular complexity index is 372. The van der Waals surface area contributed by atoms with Crippen LogP contribution in [0.4, 0.5) is 4.39 Å². The molecule has 1 aliphatic rings. The zero-order chi connectivity index (χ0) is 12.3. The zero-order valence-corrected chi connectivity index (χ0v) is 11.4. The maximum atomic E-state index is 13.0. The van der Waals surface area contributed by atoms with Crippen LogP contribution in [0.15, 0.2) is 22.7 Å². The second kappa shape index (κ2) is 5.96. The van der Waals surface area contributed by atoms with Gasteiger partial charge in [-0.2, -0.15) is 0 Å². The highest BCUT2D eigenvalue weighted by Gasteiger charge is 2.23. The fourth-order valence-corrected chi connectivity index (χ4v) is 3.21. The van der Waals surface area contributed by atoms with E-state index in [0.717, 1.165) is 18.4 Å². The molecule has 1 nitrogen and oxygen atoms in total. The predicted octanol–water partition coefficient (Wildman–Crippen LogP) is 4.59. The van der Waals surface area contributed by atoms with Gasteiger partial charge in [0.25, 0.3) is 0 Å². The van der Waals surface area contributed by atoms with Crippen LogP contribution in [0.1, 0.15) is 50.2 Å². The summed E-state index contributed by atoms with van der Waals surface area (Å²) in [6.07, 6.45) is 6.61. The van der Waals surface area contributed by atoms with Gasteiger partial charge in [-0.3, -0.25) is 0 Å². The Labute approximate surface area is 110 Å². The van der Waals surface area contributed by atoms with E-state index in [4.69, 9.17) is 0 Å². The van der Waals surface area contributed by atoms with Crippen molar-refractivity contribution >= 4 is 15.9 Å². The van der Waals surface area contributed by atoms with E-state index < -0.39 is 6.10 Å². The molecule has 0 radical (unpaired) electrons. The Morgan fingerprint density at radius 1 is 1.18 bits per heavy atom. The topological polar surface area (TPSA) is 20.2 Å². The van der Waals surface area contributed by atoms with Crippen LogP contribution in [-0.2, 0) is 0 Å². The Hall–Kier alpha value is -0.410. The van der Waals surface area contributed by atoms with Crippen molar-refractivity contribution in [3.8, 4) is 0 Å².